The predicted molar refractivity (Wildman–Crippen MR) is 129 cm³/mol. The van der Waals surface area contributed by atoms with Crippen LogP contribution >= 0.6 is 0 Å². The van der Waals surface area contributed by atoms with Crippen LogP contribution in [0, 0.1) is 0 Å². The number of hydrogen-bond donors (Lipinski definition) is 3. The van der Waals surface area contributed by atoms with Gasteiger partial charge < -0.3 is 10.1 Å². The summed E-state index contributed by atoms with van der Waals surface area (Å²) in [5.74, 6) is -1.19. The lowest BCUT2D eigenvalue weighted by atomic mass is 10.1. The van der Waals surface area contributed by atoms with Crippen LogP contribution in [-0.4, -0.2) is 69.0 Å². The number of hydroxylamine groups is 1. The van der Waals surface area contributed by atoms with Gasteiger partial charge in [-0.1, -0.05) is 48.6 Å². The standard InChI is InChI=1S/C25H28N6O4/c32-24(28-23(25(33)29-34)16-31-18-26-17-27-31)22-9-7-20(8-10-22)2-1-19-3-5-21(6-4-19)15-30-11-13-35-14-12-30/h1-10,17-18,23,34H,11-16H2,(H,28,32)(H,29,33)/b2-1+/t23-/m0/s1. The van der Waals surface area contributed by atoms with Crippen LogP contribution in [0.25, 0.3) is 12.2 Å². The smallest absolute Gasteiger partial charge is 0.267 e. The van der Waals surface area contributed by atoms with Gasteiger partial charge in [-0.3, -0.25) is 24.4 Å². The number of nitrogens with zero attached hydrogens (tertiary/aromatic N) is 4. The van der Waals surface area contributed by atoms with E-state index in [0.717, 1.165) is 44.0 Å². The number of rotatable bonds is 9. The van der Waals surface area contributed by atoms with Crippen molar-refractivity contribution < 1.29 is 19.5 Å². The zero-order valence-corrected chi connectivity index (χ0v) is 19.2. The van der Waals surface area contributed by atoms with E-state index < -0.39 is 17.9 Å². The first-order chi connectivity index (χ1) is 17.1. The molecule has 10 nitrogen and oxygen atoms in total. The number of carbonyl (C=O) groups is 2. The van der Waals surface area contributed by atoms with Gasteiger partial charge in [-0.05, 0) is 28.8 Å². The van der Waals surface area contributed by atoms with Crippen LogP contribution in [0.5, 0.6) is 0 Å². The second-order valence-electron chi connectivity index (χ2n) is 8.21. The first-order valence-corrected chi connectivity index (χ1v) is 11.3. The molecule has 0 saturated carbocycles. The van der Waals surface area contributed by atoms with Crippen LogP contribution < -0.4 is 10.8 Å². The Kier molecular flexibility index (Phi) is 8.34. The lowest BCUT2D eigenvalue weighted by Crippen LogP contribution is -2.48. The Morgan fingerprint density at radius 3 is 2.29 bits per heavy atom. The summed E-state index contributed by atoms with van der Waals surface area (Å²) in [4.78, 5) is 30.8. The largest absolute Gasteiger partial charge is 0.379 e. The van der Waals surface area contributed by atoms with Gasteiger partial charge >= 0.3 is 0 Å². The third-order valence-corrected chi connectivity index (χ3v) is 5.70. The highest BCUT2D eigenvalue weighted by atomic mass is 16.5. The molecule has 2 amide bonds. The average molecular weight is 477 g/mol. The second-order valence-corrected chi connectivity index (χ2v) is 8.21. The van der Waals surface area contributed by atoms with Crippen LogP contribution in [0.4, 0.5) is 0 Å². The molecule has 1 saturated heterocycles. The van der Waals surface area contributed by atoms with E-state index in [1.54, 1.807) is 17.6 Å². The summed E-state index contributed by atoms with van der Waals surface area (Å²) in [7, 11) is 0. The van der Waals surface area contributed by atoms with Gasteiger partial charge in [-0.2, -0.15) is 5.10 Å². The summed E-state index contributed by atoms with van der Waals surface area (Å²) in [5, 5.41) is 15.5. The molecule has 2 heterocycles. The fourth-order valence-electron chi connectivity index (χ4n) is 3.72. The van der Waals surface area contributed by atoms with Crippen molar-refractivity contribution in [3.63, 3.8) is 0 Å². The third-order valence-electron chi connectivity index (χ3n) is 5.70. The molecule has 0 radical (unpaired) electrons. The molecule has 1 aliphatic heterocycles. The topological polar surface area (TPSA) is 122 Å². The molecule has 1 fully saturated rings. The first kappa shape index (κ1) is 24.3. The molecule has 10 heteroatoms. The van der Waals surface area contributed by atoms with Crippen molar-refractivity contribution in [3.8, 4) is 0 Å². The average Bonchev–Trinajstić information content (AvgIpc) is 3.41. The van der Waals surface area contributed by atoms with E-state index in [0.29, 0.717) is 5.56 Å². The molecule has 0 spiro atoms. The minimum Gasteiger partial charge on any atom is -0.379 e. The number of ether oxygens (including phenoxy) is 1. The number of benzene rings is 2. The first-order valence-electron chi connectivity index (χ1n) is 11.3. The normalized spacial score (nSPS) is 15.1. The monoisotopic (exact) mass is 476 g/mol. The minimum atomic E-state index is -1.01. The van der Waals surface area contributed by atoms with Gasteiger partial charge in [0.1, 0.15) is 18.7 Å². The zero-order chi connectivity index (χ0) is 24.5. The van der Waals surface area contributed by atoms with Gasteiger partial charge in [0.15, 0.2) is 0 Å². The Morgan fingerprint density at radius 2 is 1.69 bits per heavy atom. The van der Waals surface area contributed by atoms with Crippen molar-refractivity contribution in [2.24, 2.45) is 0 Å². The van der Waals surface area contributed by atoms with Crippen LogP contribution in [0.1, 0.15) is 27.0 Å². The van der Waals surface area contributed by atoms with Crippen molar-refractivity contribution in [2.45, 2.75) is 19.1 Å². The number of hydrogen-bond acceptors (Lipinski definition) is 7. The fourth-order valence-corrected chi connectivity index (χ4v) is 3.72. The van der Waals surface area contributed by atoms with Crippen molar-refractivity contribution in [2.75, 3.05) is 26.3 Å². The van der Waals surface area contributed by atoms with Gasteiger partial charge in [-0.25, -0.2) is 10.5 Å². The van der Waals surface area contributed by atoms with E-state index in [9.17, 15) is 9.59 Å². The van der Waals surface area contributed by atoms with Gasteiger partial charge in [0, 0.05) is 25.2 Å². The Morgan fingerprint density at radius 1 is 1.03 bits per heavy atom. The van der Waals surface area contributed by atoms with Crippen molar-refractivity contribution in [1.29, 1.82) is 0 Å². The molecule has 2 aromatic carbocycles. The Bertz CT molecular complexity index is 1120. The highest BCUT2D eigenvalue weighted by Crippen LogP contribution is 2.13. The molecule has 3 N–H and O–H groups in total. The number of amides is 2. The van der Waals surface area contributed by atoms with Crippen LogP contribution in [0.2, 0.25) is 0 Å². The maximum Gasteiger partial charge on any atom is 0.267 e. The van der Waals surface area contributed by atoms with Crippen LogP contribution in [0.15, 0.2) is 61.2 Å². The zero-order valence-electron chi connectivity index (χ0n) is 19.2. The molecule has 0 bridgehead atoms. The predicted octanol–water partition coefficient (Wildman–Crippen LogP) is 1.58. The third kappa shape index (κ3) is 7.06. The number of nitrogens with one attached hydrogen (secondary N) is 2. The van der Waals surface area contributed by atoms with Crippen molar-refractivity contribution >= 4 is 24.0 Å². The molecule has 1 atom stereocenters. The van der Waals surface area contributed by atoms with Gasteiger partial charge in [-0.15, -0.1) is 0 Å². The van der Waals surface area contributed by atoms with Gasteiger partial charge in [0.2, 0.25) is 0 Å². The summed E-state index contributed by atoms with van der Waals surface area (Å²) < 4.78 is 6.79. The molecule has 182 valence electrons. The van der Waals surface area contributed by atoms with E-state index in [1.807, 2.05) is 24.3 Å². The highest BCUT2D eigenvalue weighted by Gasteiger charge is 2.22. The molecule has 0 unspecified atom stereocenters. The summed E-state index contributed by atoms with van der Waals surface area (Å²) in [6.45, 7) is 4.48. The summed E-state index contributed by atoms with van der Waals surface area (Å²) in [5.41, 5.74) is 5.26. The molecular weight excluding hydrogens is 448 g/mol. The summed E-state index contributed by atoms with van der Waals surface area (Å²) >= 11 is 0. The second kappa shape index (κ2) is 12.0. The maximum atomic E-state index is 12.6. The minimum absolute atomic E-state index is 0.0319. The molecular formula is C25H28N6O4. The lowest BCUT2D eigenvalue weighted by molar-refractivity contribution is -0.131. The molecule has 4 rings (SSSR count). The van der Waals surface area contributed by atoms with E-state index >= 15 is 0 Å². The van der Waals surface area contributed by atoms with E-state index in [-0.39, 0.29) is 6.54 Å². The Labute approximate surface area is 203 Å². The van der Waals surface area contributed by atoms with Crippen molar-refractivity contribution in [1.82, 2.24) is 30.5 Å². The highest BCUT2D eigenvalue weighted by molar-refractivity contribution is 5.97. The molecule has 1 aromatic heterocycles. The van der Waals surface area contributed by atoms with Gasteiger partial charge in [0.05, 0.1) is 19.8 Å². The number of aromatic nitrogens is 3. The van der Waals surface area contributed by atoms with E-state index in [1.165, 1.54) is 22.9 Å². The molecule has 3 aromatic rings. The Hall–Kier alpha value is -3.86. The summed E-state index contributed by atoms with van der Waals surface area (Å²) in [6.07, 6.45) is 6.74. The van der Waals surface area contributed by atoms with Gasteiger partial charge in [0.25, 0.3) is 11.8 Å². The number of morpholine rings is 1. The van der Waals surface area contributed by atoms with Crippen molar-refractivity contribution in [3.05, 3.63) is 83.4 Å². The summed E-state index contributed by atoms with van der Waals surface area (Å²) in [6, 6.07) is 14.5. The molecule has 1 aliphatic rings. The van der Waals surface area contributed by atoms with E-state index in [2.05, 4.69) is 44.6 Å². The Balaban J connectivity index is 1.32. The maximum absolute atomic E-state index is 12.6. The lowest BCUT2D eigenvalue weighted by Gasteiger charge is -2.26. The molecule has 35 heavy (non-hydrogen) atoms. The quantitative estimate of drug-likeness (QED) is 0.244. The van der Waals surface area contributed by atoms with E-state index in [4.69, 9.17) is 9.94 Å². The van der Waals surface area contributed by atoms with Crippen LogP contribution in [0.3, 0.4) is 0 Å². The molecule has 0 aliphatic carbocycles. The SMILES string of the molecule is O=C(N[C@@H](Cn1cncn1)C(=O)NO)c1ccc(/C=C/c2ccc(CN3CCOCC3)cc2)cc1. The number of carbonyl (C=O) groups excluding carboxylic acids is 2. The fraction of sp³-hybridized carbons (Fsp3) is 0.280. The van der Waals surface area contributed by atoms with Crippen LogP contribution in [-0.2, 0) is 22.6 Å².